The van der Waals surface area contributed by atoms with Gasteiger partial charge in [-0.05, 0) is 30.3 Å². The Morgan fingerprint density at radius 2 is 1.42 bits per heavy atom. The van der Waals surface area contributed by atoms with Crippen molar-refractivity contribution in [1.82, 2.24) is 0 Å². The number of ketones is 1. The standard InChI is InChI=1S/C13H5ClF4O/c14-8-3-6(1-2-9(8)15)13(19)7-4-10(16)12(18)11(17)5-7/h1-5H. The molecule has 2 aromatic carbocycles. The third-order valence-electron chi connectivity index (χ3n) is 2.43. The fraction of sp³-hybridized carbons (Fsp3) is 0. The molecule has 2 rings (SSSR count). The maximum absolute atomic E-state index is 13.0. The maximum Gasteiger partial charge on any atom is 0.194 e. The van der Waals surface area contributed by atoms with Crippen molar-refractivity contribution in [3.63, 3.8) is 0 Å². The molecule has 0 amide bonds. The van der Waals surface area contributed by atoms with Crippen molar-refractivity contribution >= 4 is 17.4 Å². The minimum Gasteiger partial charge on any atom is -0.289 e. The van der Waals surface area contributed by atoms with E-state index in [4.69, 9.17) is 11.6 Å². The van der Waals surface area contributed by atoms with Gasteiger partial charge in [-0.1, -0.05) is 11.6 Å². The molecule has 0 atom stereocenters. The summed E-state index contributed by atoms with van der Waals surface area (Å²) in [4.78, 5) is 11.9. The van der Waals surface area contributed by atoms with Gasteiger partial charge in [0.2, 0.25) is 0 Å². The Hall–Kier alpha value is -1.88. The number of hydrogen-bond acceptors (Lipinski definition) is 1. The highest BCUT2D eigenvalue weighted by molar-refractivity contribution is 6.31. The second kappa shape index (κ2) is 5.01. The third-order valence-corrected chi connectivity index (χ3v) is 2.72. The van der Waals surface area contributed by atoms with Gasteiger partial charge in [-0.2, -0.15) is 0 Å². The first-order chi connectivity index (χ1) is 8.90. The molecule has 6 heteroatoms. The summed E-state index contributed by atoms with van der Waals surface area (Å²) in [5.41, 5.74) is -0.448. The largest absolute Gasteiger partial charge is 0.289 e. The Bertz CT molecular complexity index is 647. The lowest BCUT2D eigenvalue weighted by molar-refractivity contribution is 0.103. The molecule has 19 heavy (non-hydrogen) atoms. The fourth-order valence-corrected chi connectivity index (χ4v) is 1.67. The van der Waals surface area contributed by atoms with E-state index in [1.54, 1.807) is 0 Å². The van der Waals surface area contributed by atoms with Gasteiger partial charge in [-0.25, -0.2) is 17.6 Å². The van der Waals surface area contributed by atoms with Gasteiger partial charge in [0.25, 0.3) is 0 Å². The minimum atomic E-state index is -1.66. The van der Waals surface area contributed by atoms with E-state index >= 15 is 0 Å². The van der Waals surface area contributed by atoms with E-state index in [1.807, 2.05) is 0 Å². The monoisotopic (exact) mass is 288 g/mol. The SMILES string of the molecule is O=C(c1cc(F)c(F)c(F)c1)c1ccc(F)c(Cl)c1. The van der Waals surface area contributed by atoms with Crippen LogP contribution >= 0.6 is 11.6 Å². The Morgan fingerprint density at radius 3 is 1.95 bits per heavy atom. The van der Waals surface area contributed by atoms with Crippen LogP contribution < -0.4 is 0 Å². The zero-order valence-corrected chi connectivity index (χ0v) is 9.94. The molecule has 0 saturated carbocycles. The predicted octanol–water partition coefficient (Wildman–Crippen LogP) is 4.13. The molecule has 0 bridgehead atoms. The predicted molar refractivity (Wildman–Crippen MR) is 61.2 cm³/mol. The summed E-state index contributed by atoms with van der Waals surface area (Å²) < 4.78 is 51.7. The first kappa shape index (κ1) is 13.5. The molecule has 0 heterocycles. The molecule has 0 spiro atoms. The van der Waals surface area contributed by atoms with E-state index in [1.165, 1.54) is 0 Å². The van der Waals surface area contributed by atoms with E-state index in [9.17, 15) is 22.4 Å². The summed E-state index contributed by atoms with van der Waals surface area (Å²) >= 11 is 5.50. The van der Waals surface area contributed by atoms with E-state index < -0.39 is 29.1 Å². The van der Waals surface area contributed by atoms with Gasteiger partial charge in [-0.15, -0.1) is 0 Å². The van der Waals surface area contributed by atoms with Gasteiger partial charge in [0.05, 0.1) is 5.02 Å². The normalized spacial score (nSPS) is 10.6. The molecular formula is C13H5ClF4O. The molecular weight excluding hydrogens is 284 g/mol. The average Bonchev–Trinajstić information content (AvgIpc) is 2.37. The number of carbonyl (C=O) groups excluding carboxylic acids is 1. The molecule has 0 saturated heterocycles. The highest BCUT2D eigenvalue weighted by atomic mass is 35.5. The summed E-state index contributed by atoms with van der Waals surface area (Å²) in [5, 5.41) is -0.297. The molecule has 98 valence electrons. The summed E-state index contributed by atoms with van der Waals surface area (Å²) in [6.07, 6.45) is 0. The number of rotatable bonds is 2. The second-order valence-electron chi connectivity index (χ2n) is 3.71. The highest BCUT2D eigenvalue weighted by Crippen LogP contribution is 2.20. The topological polar surface area (TPSA) is 17.1 Å². The molecule has 2 aromatic rings. The van der Waals surface area contributed by atoms with Gasteiger partial charge < -0.3 is 0 Å². The van der Waals surface area contributed by atoms with Crippen LogP contribution in [0, 0.1) is 23.3 Å². The summed E-state index contributed by atoms with van der Waals surface area (Å²) in [6.45, 7) is 0. The van der Waals surface area contributed by atoms with Crippen molar-refractivity contribution in [1.29, 1.82) is 0 Å². The number of carbonyl (C=O) groups is 1. The van der Waals surface area contributed by atoms with Gasteiger partial charge in [-0.3, -0.25) is 4.79 Å². The third kappa shape index (κ3) is 2.61. The van der Waals surface area contributed by atoms with Crippen LogP contribution in [0.25, 0.3) is 0 Å². The average molecular weight is 289 g/mol. The molecule has 0 aliphatic carbocycles. The van der Waals surface area contributed by atoms with E-state index in [2.05, 4.69) is 0 Å². The van der Waals surface area contributed by atoms with Crippen LogP contribution in [0.2, 0.25) is 5.02 Å². The molecule has 0 unspecified atom stereocenters. The smallest absolute Gasteiger partial charge is 0.194 e. The van der Waals surface area contributed by atoms with Crippen molar-refractivity contribution in [3.8, 4) is 0 Å². The highest BCUT2D eigenvalue weighted by Gasteiger charge is 2.17. The van der Waals surface area contributed by atoms with Crippen LogP contribution in [0.3, 0.4) is 0 Å². The Morgan fingerprint density at radius 1 is 0.842 bits per heavy atom. The second-order valence-corrected chi connectivity index (χ2v) is 4.12. The number of hydrogen-bond donors (Lipinski definition) is 0. The quantitative estimate of drug-likeness (QED) is 0.461. The molecule has 0 aliphatic rings. The Kier molecular flexibility index (Phi) is 3.57. The van der Waals surface area contributed by atoms with Crippen LogP contribution in [0.4, 0.5) is 17.6 Å². The molecule has 0 aliphatic heterocycles. The number of benzene rings is 2. The van der Waals surface area contributed by atoms with Crippen LogP contribution in [-0.2, 0) is 0 Å². The molecule has 0 fully saturated rings. The van der Waals surface area contributed by atoms with Crippen LogP contribution in [-0.4, -0.2) is 5.78 Å². The van der Waals surface area contributed by atoms with Gasteiger partial charge in [0.15, 0.2) is 23.2 Å². The summed E-state index contributed by atoms with van der Waals surface area (Å²) in [6, 6.07) is 4.23. The summed E-state index contributed by atoms with van der Waals surface area (Å²) in [7, 11) is 0. The fourth-order valence-electron chi connectivity index (χ4n) is 1.49. The molecule has 0 N–H and O–H groups in total. The van der Waals surface area contributed by atoms with Crippen molar-refractivity contribution in [3.05, 3.63) is 69.8 Å². The van der Waals surface area contributed by atoms with Crippen molar-refractivity contribution in [2.75, 3.05) is 0 Å². The zero-order valence-electron chi connectivity index (χ0n) is 9.18. The van der Waals surface area contributed by atoms with Gasteiger partial charge in [0.1, 0.15) is 5.82 Å². The van der Waals surface area contributed by atoms with E-state index in [0.29, 0.717) is 12.1 Å². The van der Waals surface area contributed by atoms with Crippen LogP contribution in [0.5, 0.6) is 0 Å². The number of halogens is 5. The van der Waals surface area contributed by atoms with Crippen molar-refractivity contribution in [2.24, 2.45) is 0 Å². The van der Waals surface area contributed by atoms with Crippen molar-refractivity contribution in [2.45, 2.75) is 0 Å². The Balaban J connectivity index is 2.47. The van der Waals surface area contributed by atoms with E-state index in [0.717, 1.165) is 18.2 Å². The minimum absolute atomic E-state index is 0.0585. The lowest BCUT2D eigenvalue weighted by atomic mass is 10.0. The zero-order chi connectivity index (χ0) is 14.2. The summed E-state index contributed by atoms with van der Waals surface area (Å²) in [5.74, 6) is -6.13. The molecule has 0 radical (unpaired) electrons. The lowest BCUT2D eigenvalue weighted by Crippen LogP contribution is -2.04. The molecule has 1 nitrogen and oxygen atoms in total. The van der Waals surface area contributed by atoms with Crippen LogP contribution in [0.1, 0.15) is 15.9 Å². The van der Waals surface area contributed by atoms with Crippen molar-refractivity contribution < 1.29 is 22.4 Å². The van der Waals surface area contributed by atoms with Gasteiger partial charge >= 0.3 is 0 Å². The van der Waals surface area contributed by atoms with Gasteiger partial charge in [0, 0.05) is 11.1 Å². The molecule has 0 aromatic heterocycles. The van der Waals surface area contributed by atoms with E-state index in [-0.39, 0.29) is 16.1 Å². The lowest BCUT2D eigenvalue weighted by Gasteiger charge is -2.04. The maximum atomic E-state index is 13.0. The first-order valence-corrected chi connectivity index (χ1v) is 5.42. The van der Waals surface area contributed by atoms with Crippen LogP contribution in [0.15, 0.2) is 30.3 Å². The first-order valence-electron chi connectivity index (χ1n) is 5.04. The Labute approximate surface area is 110 Å².